The van der Waals surface area contributed by atoms with E-state index in [2.05, 4.69) is 42.2 Å². The Balaban J connectivity index is 2.25. The fourth-order valence-electron chi connectivity index (χ4n) is 1.40. The summed E-state index contributed by atoms with van der Waals surface area (Å²) in [7, 11) is 0. The highest BCUT2D eigenvalue weighted by molar-refractivity contribution is 9.10. The molecule has 2 aromatic rings. The van der Waals surface area contributed by atoms with Crippen molar-refractivity contribution in [1.29, 1.82) is 0 Å². The minimum Gasteiger partial charge on any atom is -0.383 e. The molecule has 0 unspecified atom stereocenters. The van der Waals surface area contributed by atoms with E-state index in [-0.39, 0.29) is 15.9 Å². The molecule has 1 heterocycles. The Hall–Kier alpha value is -1.47. The highest BCUT2D eigenvalue weighted by atomic mass is 79.9. The molecule has 1 amide bonds. The average molecular weight is 389 g/mol. The molecule has 0 saturated heterocycles. The van der Waals surface area contributed by atoms with Gasteiger partial charge in [0.25, 0.3) is 5.91 Å². The molecule has 0 aliphatic rings. The van der Waals surface area contributed by atoms with Gasteiger partial charge in [0.05, 0.1) is 10.0 Å². The van der Waals surface area contributed by atoms with Gasteiger partial charge in [-0.1, -0.05) is 0 Å². The number of aromatic nitrogens is 1. The van der Waals surface area contributed by atoms with Gasteiger partial charge in [-0.2, -0.15) is 0 Å². The van der Waals surface area contributed by atoms with Crippen LogP contribution in [-0.2, 0) is 0 Å². The lowest BCUT2D eigenvalue weighted by atomic mass is 10.2. The molecular weight excluding hydrogens is 381 g/mol. The fourth-order valence-corrected chi connectivity index (χ4v) is 2.11. The summed E-state index contributed by atoms with van der Waals surface area (Å²) in [5.41, 5.74) is 6.34. The van der Waals surface area contributed by atoms with Gasteiger partial charge in [-0.3, -0.25) is 4.79 Å². The van der Waals surface area contributed by atoms with Gasteiger partial charge >= 0.3 is 0 Å². The molecule has 0 radical (unpaired) electrons. The molecular formula is C12H8Br2FN3O. The molecule has 4 nitrogen and oxygen atoms in total. The molecule has 1 aromatic heterocycles. The molecule has 0 saturated carbocycles. The maximum absolute atomic E-state index is 13.1. The Morgan fingerprint density at radius 3 is 2.74 bits per heavy atom. The monoisotopic (exact) mass is 387 g/mol. The molecule has 2 rings (SSSR count). The Kier molecular flexibility index (Phi) is 4.16. The van der Waals surface area contributed by atoms with E-state index in [1.54, 1.807) is 6.07 Å². The van der Waals surface area contributed by atoms with Crippen molar-refractivity contribution in [3.63, 3.8) is 0 Å². The second kappa shape index (κ2) is 5.66. The predicted octanol–water partition coefficient (Wildman–Crippen LogP) is 3.58. The summed E-state index contributed by atoms with van der Waals surface area (Å²) in [5, 5.41) is 2.62. The first-order valence-corrected chi connectivity index (χ1v) is 6.73. The maximum Gasteiger partial charge on any atom is 0.259 e. The quantitative estimate of drug-likeness (QED) is 0.826. The Morgan fingerprint density at radius 2 is 2.05 bits per heavy atom. The van der Waals surface area contributed by atoms with Crippen molar-refractivity contribution < 1.29 is 9.18 Å². The van der Waals surface area contributed by atoms with Crippen molar-refractivity contribution in [1.82, 2.24) is 4.98 Å². The van der Waals surface area contributed by atoms with E-state index in [9.17, 15) is 9.18 Å². The third-order valence-corrected chi connectivity index (χ3v) is 3.35. The lowest BCUT2D eigenvalue weighted by Gasteiger charge is -2.08. The average Bonchev–Trinajstić information content (AvgIpc) is 2.36. The SMILES string of the molecule is Nc1ncc(Br)cc1C(=O)Nc1ccc(F)c(Br)c1. The summed E-state index contributed by atoms with van der Waals surface area (Å²) in [5.74, 6) is -0.687. The number of nitrogens with one attached hydrogen (secondary N) is 1. The summed E-state index contributed by atoms with van der Waals surface area (Å²) in [6, 6.07) is 5.74. The number of anilines is 2. The van der Waals surface area contributed by atoms with Crippen LogP contribution in [0.1, 0.15) is 10.4 Å². The minimum absolute atomic E-state index is 0.127. The van der Waals surface area contributed by atoms with Crippen molar-refractivity contribution in [2.75, 3.05) is 11.1 Å². The van der Waals surface area contributed by atoms with Crippen LogP contribution in [0, 0.1) is 5.82 Å². The molecule has 0 aliphatic heterocycles. The van der Waals surface area contributed by atoms with Crippen LogP contribution in [0.4, 0.5) is 15.9 Å². The van der Waals surface area contributed by atoms with E-state index >= 15 is 0 Å². The number of hydrogen-bond donors (Lipinski definition) is 2. The summed E-state index contributed by atoms with van der Waals surface area (Å²) in [4.78, 5) is 15.9. The summed E-state index contributed by atoms with van der Waals surface area (Å²) in [6.07, 6.45) is 1.50. The molecule has 7 heteroatoms. The van der Waals surface area contributed by atoms with Gasteiger partial charge in [-0.05, 0) is 56.1 Å². The highest BCUT2D eigenvalue weighted by Gasteiger charge is 2.12. The molecule has 3 N–H and O–H groups in total. The highest BCUT2D eigenvalue weighted by Crippen LogP contribution is 2.22. The number of amides is 1. The zero-order chi connectivity index (χ0) is 14.0. The van der Waals surface area contributed by atoms with Crippen LogP contribution in [0.5, 0.6) is 0 Å². The van der Waals surface area contributed by atoms with Gasteiger partial charge in [0.2, 0.25) is 0 Å². The third-order valence-electron chi connectivity index (χ3n) is 2.31. The standard InChI is InChI=1S/C12H8Br2FN3O/c13-6-3-8(11(16)17-5-6)12(19)18-7-1-2-10(15)9(14)4-7/h1-5H,(H2,16,17)(H,18,19). The van der Waals surface area contributed by atoms with Crippen molar-refractivity contribution in [2.24, 2.45) is 0 Å². The topological polar surface area (TPSA) is 68.0 Å². The Bertz CT molecular complexity index is 649. The van der Waals surface area contributed by atoms with Gasteiger partial charge < -0.3 is 11.1 Å². The van der Waals surface area contributed by atoms with E-state index in [4.69, 9.17) is 5.73 Å². The van der Waals surface area contributed by atoms with Crippen LogP contribution in [0.25, 0.3) is 0 Å². The summed E-state index contributed by atoms with van der Waals surface area (Å²) in [6.45, 7) is 0. The molecule has 19 heavy (non-hydrogen) atoms. The molecule has 98 valence electrons. The van der Waals surface area contributed by atoms with E-state index in [1.165, 1.54) is 24.4 Å². The van der Waals surface area contributed by atoms with E-state index in [1.807, 2.05) is 0 Å². The number of hydrogen-bond acceptors (Lipinski definition) is 3. The predicted molar refractivity (Wildman–Crippen MR) is 78.4 cm³/mol. The van der Waals surface area contributed by atoms with E-state index in [0.29, 0.717) is 10.2 Å². The largest absolute Gasteiger partial charge is 0.383 e. The minimum atomic E-state index is -0.412. The van der Waals surface area contributed by atoms with Crippen LogP contribution in [0.2, 0.25) is 0 Å². The van der Waals surface area contributed by atoms with Crippen LogP contribution in [0.3, 0.4) is 0 Å². The number of nitrogens with zero attached hydrogens (tertiary/aromatic N) is 1. The van der Waals surface area contributed by atoms with Crippen molar-refractivity contribution in [3.05, 3.63) is 50.8 Å². The number of carbonyl (C=O) groups excluding carboxylic acids is 1. The van der Waals surface area contributed by atoms with Crippen molar-refractivity contribution in [2.45, 2.75) is 0 Å². The third kappa shape index (κ3) is 3.30. The van der Waals surface area contributed by atoms with Gasteiger partial charge in [-0.15, -0.1) is 0 Å². The lowest BCUT2D eigenvalue weighted by molar-refractivity contribution is 0.102. The zero-order valence-electron chi connectivity index (χ0n) is 9.45. The molecule has 1 aromatic carbocycles. The van der Waals surface area contributed by atoms with Crippen LogP contribution >= 0.6 is 31.9 Å². The summed E-state index contributed by atoms with van der Waals surface area (Å²) < 4.78 is 14.0. The number of nitrogens with two attached hydrogens (primary N) is 1. The van der Waals surface area contributed by atoms with Crippen molar-refractivity contribution >= 4 is 49.3 Å². The van der Waals surface area contributed by atoms with E-state index in [0.717, 1.165) is 0 Å². The Labute approximate surface area is 125 Å². The second-order valence-corrected chi connectivity index (χ2v) is 5.44. The number of carbonyl (C=O) groups is 1. The van der Waals surface area contributed by atoms with Gasteiger partial charge in [0.1, 0.15) is 11.6 Å². The molecule has 0 spiro atoms. The Morgan fingerprint density at radius 1 is 1.32 bits per heavy atom. The first-order valence-electron chi connectivity index (χ1n) is 5.15. The van der Waals surface area contributed by atoms with Crippen LogP contribution < -0.4 is 11.1 Å². The summed E-state index contributed by atoms with van der Waals surface area (Å²) >= 11 is 6.26. The molecule has 0 aliphatic carbocycles. The zero-order valence-corrected chi connectivity index (χ0v) is 12.6. The van der Waals surface area contributed by atoms with Gasteiger partial charge in [0.15, 0.2) is 0 Å². The van der Waals surface area contributed by atoms with E-state index < -0.39 is 11.7 Å². The van der Waals surface area contributed by atoms with Gasteiger partial charge in [0, 0.05) is 16.4 Å². The first-order chi connectivity index (χ1) is 8.97. The maximum atomic E-state index is 13.1. The number of nitrogen functional groups attached to an aromatic ring is 1. The number of rotatable bonds is 2. The van der Waals surface area contributed by atoms with Gasteiger partial charge in [-0.25, -0.2) is 9.37 Å². The number of benzene rings is 1. The molecule has 0 bridgehead atoms. The van der Waals surface area contributed by atoms with Crippen LogP contribution in [-0.4, -0.2) is 10.9 Å². The normalized spacial score (nSPS) is 10.3. The lowest BCUT2D eigenvalue weighted by Crippen LogP contribution is -2.15. The van der Waals surface area contributed by atoms with Crippen molar-refractivity contribution in [3.8, 4) is 0 Å². The molecule has 0 fully saturated rings. The fraction of sp³-hybridized carbons (Fsp3) is 0. The number of pyridine rings is 1. The smallest absolute Gasteiger partial charge is 0.259 e. The molecule has 0 atom stereocenters. The second-order valence-electron chi connectivity index (χ2n) is 3.67. The number of halogens is 3. The van der Waals surface area contributed by atoms with Crippen LogP contribution in [0.15, 0.2) is 39.4 Å². The first kappa shape index (κ1) is 14.0.